The molecule has 0 saturated carbocycles. The van der Waals surface area contributed by atoms with Crippen molar-refractivity contribution in [2.24, 2.45) is 0 Å². The molecule has 1 aliphatic heterocycles. The number of anilines is 4. The first-order valence-corrected chi connectivity index (χ1v) is 9.45. The molecule has 0 spiro atoms. The number of hydrogen-bond donors (Lipinski definition) is 1. The Balaban J connectivity index is 1.43. The number of hydrogen-bond acceptors (Lipinski definition) is 6. The zero-order valence-electron chi connectivity index (χ0n) is 15.9. The van der Waals surface area contributed by atoms with Gasteiger partial charge in [0.1, 0.15) is 5.82 Å². The van der Waals surface area contributed by atoms with E-state index in [1.807, 2.05) is 30.3 Å². The van der Waals surface area contributed by atoms with Crippen molar-refractivity contribution in [1.29, 1.82) is 0 Å². The SMILES string of the molecule is CC(=O)c1cccc(Nc2nccc(N3CCN(c4ccccc4)CC3)n2)c1. The molecule has 2 heterocycles. The zero-order valence-corrected chi connectivity index (χ0v) is 15.9. The normalized spacial score (nSPS) is 14.0. The number of nitrogens with zero attached hydrogens (tertiary/aromatic N) is 4. The van der Waals surface area contributed by atoms with Gasteiger partial charge < -0.3 is 15.1 Å². The molecule has 1 N–H and O–H groups in total. The van der Waals surface area contributed by atoms with Crippen LogP contribution in [-0.2, 0) is 0 Å². The Hall–Kier alpha value is -3.41. The summed E-state index contributed by atoms with van der Waals surface area (Å²) in [6, 6.07) is 19.8. The maximum Gasteiger partial charge on any atom is 0.229 e. The Labute approximate surface area is 164 Å². The van der Waals surface area contributed by atoms with E-state index < -0.39 is 0 Å². The van der Waals surface area contributed by atoms with E-state index in [1.54, 1.807) is 19.2 Å². The lowest BCUT2D eigenvalue weighted by Gasteiger charge is -2.36. The number of piperazine rings is 1. The Bertz CT molecular complexity index is 952. The van der Waals surface area contributed by atoms with Gasteiger partial charge in [-0.05, 0) is 37.3 Å². The molecular weight excluding hydrogens is 350 g/mol. The van der Waals surface area contributed by atoms with Crippen LogP contribution in [-0.4, -0.2) is 41.9 Å². The summed E-state index contributed by atoms with van der Waals surface area (Å²) in [7, 11) is 0. The monoisotopic (exact) mass is 373 g/mol. The van der Waals surface area contributed by atoms with Crippen LogP contribution in [0.25, 0.3) is 0 Å². The van der Waals surface area contributed by atoms with Gasteiger partial charge in [-0.3, -0.25) is 4.79 Å². The van der Waals surface area contributed by atoms with Gasteiger partial charge in [-0.2, -0.15) is 4.98 Å². The third-order valence-electron chi connectivity index (χ3n) is 4.89. The fourth-order valence-corrected chi connectivity index (χ4v) is 3.36. The molecule has 1 fully saturated rings. The van der Waals surface area contributed by atoms with Crippen LogP contribution in [0.3, 0.4) is 0 Å². The second kappa shape index (κ2) is 8.08. The summed E-state index contributed by atoms with van der Waals surface area (Å²) in [5, 5.41) is 3.20. The Morgan fingerprint density at radius 3 is 2.43 bits per heavy atom. The van der Waals surface area contributed by atoms with E-state index in [0.717, 1.165) is 37.7 Å². The summed E-state index contributed by atoms with van der Waals surface area (Å²) < 4.78 is 0. The molecule has 2 aromatic carbocycles. The molecule has 1 aromatic heterocycles. The minimum atomic E-state index is 0.0367. The summed E-state index contributed by atoms with van der Waals surface area (Å²) in [5.41, 5.74) is 2.73. The average molecular weight is 373 g/mol. The molecule has 0 unspecified atom stereocenters. The summed E-state index contributed by atoms with van der Waals surface area (Å²) in [5.74, 6) is 1.48. The number of para-hydroxylation sites is 1. The fraction of sp³-hybridized carbons (Fsp3) is 0.227. The molecule has 6 heteroatoms. The highest BCUT2D eigenvalue weighted by atomic mass is 16.1. The number of ketones is 1. The number of benzene rings is 2. The van der Waals surface area contributed by atoms with Crippen LogP contribution in [0.15, 0.2) is 66.9 Å². The van der Waals surface area contributed by atoms with E-state index in [-0.39, 0.29) is 5.78 Å². The minimum Gasteiger partial charge on any atom is -0.368 e. The van der Waals surface area contributed by atoms with Gasteiger partial charge in [-0.1, -0.05) is 30.3 Å². The molecule has 0 aliphatic carbocycles. The highest BCUT2D eigenvalue weighted by molar-refractivity contribution is 5.95. The smallest absolute Gasteiger partial charge is 0.229 e. The number of rotatable bonds is 5. The maximum atomic E-state index is 11.6. The van der Waals surface area contributed by atoms with Gasteiger partial charge in [-0.15, -0.1) is 0 Å². The number of carbonyl (C=O) groups excluding carboxylic acids is 1. The van der Waals surface area contributed by atoms with Crippen LogP contribution in [0.1, 0.15) is 17.3 Å². The number of nitrogens with one attached hydrogen (secondary N) is 1. The van der Waals surface area contributed by atoms with Crippen LogP contribution in [0, 0.1) is 0 Å². The van der Waals surface area contributed by atoms with E-state index in [9.17, 15) is 4.79 Å². The number of Topliss-reactive ketones (excluding diaryl/α,β-unsaturated/α-hetero) is 1. The van der Waals surface area contributed by atoms with Crippen molar-refractivity contribution >= 4 is 28.9 Å². The van der Waals surface area contributed by atoms with Gasteiger partial charge in [0.25, 0.3) is 0 Å². The van der Waals surface area contributed by atoms with E-state index >= 15 is 0 Å². The Morgan fingerprint density at radius 2 is 1.68 bits per heavy atom. The van der Waals surface area contributed by atoms with Crippen molar-refractivity contribution in [3.8, 4) is 0 Å². The molecule has 1 aliphatic rings. The van der Waals surface area contributed by atoms with Crippen molar-refractivity contribution in [2.45, 2.75) is 6.92 Å². The van der Waals surface area contributed by atoms with Crippen molar-refractivity contribution < 1.29 is 4.79 Å². The second-order valence-corrected chi connectivity index (χ2v) is 6.81. The van der Waals surface area contributed by atoms with Crippen LogP contribution < -0.4 is 15.1 Å². The predicted molar refractivity (Wildman–Crippen MR) is 113 cm³/mol. The molecule has 0 atom stereocenters. The van der Waals surface area contributed by atoms with Crippen molar-refractivity contribution in [2.75, 3.05) is 41.3 Å². The number of carbonyl (C=O) groups is 1. The van der Waals surface area contributed by atoms with Gasteiger partial charge in [0.15, 0.2) is 5.78 Å². The standard InChI is InChI=1S/C22H23N5O/c1-17(28)18-6-5-7-19(16-18)24-22-23-11-10-21(25-22)27-14-12-26(13-15-27)20-8-3-2-4-9-20/h2-11,16H,12-15H2,1H3,(H,23,24,25). The molecule has 3 aromatic rings. The largest absolute Gasteiger partial charge is 0.368 e. The van der Waals surface area contributed by atoms with Crippen LogP contribution in [0.2, 0.25) is 0 Å². The average Bonchev–Trinajstić information content (AvgIpc) is 2.75. The van der Waals surface area contributed by atoms with Gasteiger partial charge >= 0.3 is 0 Å². The lowest BCUT2D eigenvalue weighted by Crippen LogP contribution is -2.46. The molecule has 28 heavy (non-hydrogen) atoms. The molecular formula is C22H23N5O. The van der Waals surface area contributed by atoms with Crippen LogP contribution in [0.5, 0.6) is 0 Å². The van der Waals surface area contributed by atoms with Gasteiger partial charge in [0, 0.05) is 49.3 Å². The molecule has 0 radical (unpaired) electrons. The third-order valence-corrected chi connectivity index (χ3v) is 4.89. The summed E-state index contributed by atoms with van der Waals surface area (Å²) in [6.07, 6.45) is 1.77. The third kappa shape index (κ3) is 4.11. The quantitative estimate of drug-likeness (QED) is 0.688. The molecule has 4 rings (SSSR count). The Kier molecular flexibility index (Phi) is 5.19. The topological polar surface area (TPSA) is 61.4 Å². The summed E-state index contributed by atoms with van der Waals surface area (Å²) in [4.78, 5) is 25.2. The van der Waals surface area contributed by atoms with Crippen molar-refractivity contribution in [3.05, 3.63) is 72.4 Å². The second-order valence-electron chi connectivity index (χ2n) is 6.81. The van der Waals surface area contributed by atoms with Crippen molar-refractivity contribution in [1.82, 2.24) is 9.97 Å². The van der Waals surface area contributed by atoms with E-state index in [2.05, 4.69) is 49.4 Å². The molecule has 6 nitrogen and oxygen atoms in total. The summed E-state index contributed by atoms with van der Waals surface area (Å²) in [6.45, 7) is 5.29. The highest BCUT2D eigenvalue weighted by Gasteiger charge is 2.18. The highest BCUT2D eigenvalue weighted by Crippen LogP contribution is 2.21. The molecule has 0 amide bonds. The lowest BCUT2D eigenvalue weighted by molar-refractivity contribution is 0.101. The maximum absolute atomic E-state index is 11.6. The number of aromatic nitrogens is 2. The predicted octanol–water partition coefficient (Wildman–Crippen LogP) is 3.75. The minimum absolute atomic E-state index is 0.0367. The van der Waals surface area contributed by atoms with Crippen molar-refractivity contribution in [3.63, 3.8) is 0 Å². The fourth-order valence-electron chi connectivity index (χ4n) is 3.36. The molecule has 1 saturated heterocycles. The first-order valence-electron chi connectivity index (χ1n) is 9.45. The van der Waals surface area contributed by atoms with E-state index in [0.29, 0.717) is 11.5 Å². The summed E-state index contributed by atoms with van der Waals surface area (Å²) >= 11 is 0. The lowest BCUT2D eigenvalue weighted by atomic mass is 10.1. The van der Waals surface area contributed by atoms with Crippen LogP contribution >= 0.6 is 0 Å². The van der Waals surface area contributed by atoms with E-state index in [4.69, 9.17) is 0 Å². The van der Waals surface area contributed by atoms with Gasteiger partial charge in [0.05, 0.1) is 0 Å². The first-order chi connectivity index (χ1) is 13.7. The Morgan fingerprint density at radius 1 is 0.929 bits per heavy atom. The molecule has 142 valence electrons. The van der Waals surface area contributed by atoms with Gasteiger partial charge in [0.2, 0.25) is 5.95 Å². The van der Waals surface area contributed by atoms with Gasteiger partial charge in [-0.25, -0.2) is 4.98 Å². The first kappa shape index (κ1) is 18.0. The molecule has 0 bridgehead atoms. The zero-order chi connectivity index (χ0) is 19.3. The van der Waals surface area contributed by atoms with E-state index in [1.165, 1.54) is 5.69 Å². The van der Waals surface area contributed by atoms with Crippen LogP contribution in [0.4, 0.5) is 23.1 Å².